The Kier molecular flexibility index (Phi) is 6.10. The van der Waals surface area contributed by atoms with E-state index in [1.807, 2.05) is 11.0 Å². The molecule has 0 radical (unpaired) electrons. The Morgan fingerprint density at radius 1 is 1.10 bits per heavy atom. The third-order valence-corrected chi connectivity index (χ3v) is 5.89. The van der Waals surface area contributed by atoms with E-state index in [0.29, 0.717) is 55.8 Å². The van der Waals surface area contributed by atoms with Gasteiger partial charge in [-0.3, -0.25) is 4.90 Å². The molecule has 0 spiro atoms. The zero-order valence-corrected chi connectivity index (χ0v) is 17.6. The molecule has 1 unspecified atom stereocenters. The lowest BCUT2D eigenvalue weighted by Gasteiger charge is -2.20. The number of hydrogen-bond acceptors (Lipinski definition) is 8. The molecule has 8 nitrogen and oxygen atoms in total. The second kappa shape index (κ2) is 8.77. The number of halogens is 1. The molecule has 0 amide bonds. The van der Waals surface area contributed by atoms with E-state index in [0.717, 1.165) is 18.4 Å². The summed E-state index contributed by atoms with van der Waals surface area (Å²) < 4.78 is 42.6. The molecule has 1 aromatic heterocycles. The minimum atomic E-state index is -1.65. The highest BCUT2D eigenvalue weighted by molar-refractivity contribution is 5.50. The number of ether oxygens (including phenoxy) is 4. The van der Waals surface area contributed by atoms with Crippen molar-refractivity contribution >= 4 is 0 Å². The van der Waals surface area contributed by atoms with Crippen LogP contribution in [0.3, 0.4) is 0 Å². The van der Waals surface area contributed by atoms with Crippen LogP contribution in [0.5, 0.6) is 17.2 Å². The predicted molar refractivity (Wildman–Crippen MR) is 106 cm³/mol. The number of nitrogens with zero attached hydrogens (tertiary/aromatic N) is 3. The Morgan fingerprint density at radius 2 is 1.80 bits per heavy atom. The van der Waals surface area contributed by atoms with Crippen molar-refractivity contribution in [3.8, 4) is 17.2 Å². The Labute approximate surface area is 175 Å². The summed E-state index contributed by atoms with van der Waals surface area (Å²) in [7, 11) is 4.76. The molecule has 164 valence electrons. The first-order valence-electron chi connectivity index (χ1n) is 10.2. The molecule has 0 saturated carbocycles. The van der Waals surface area contributed by atoms with E-state index in [-0.39, 0.29) is 18.4 Å². The lowest BCUT2D eigenvalue weighted by atomic mass is 9.99. The third-order valence-electron chi connectivity index (χ3n) is 5.89. The van der Waals surface area contributed by atoms with Crippen molar-refractivity contribution in [2.45, 2.75) is 37.4 Å². The summed E-state index contributed by atoms with van der Waals surface area (Å²) in [6.45, 7) is 2.62. The zero-order chi connectivity index (χ0) is 21.1. The van der Waals surface area contributed by atoms with Crippen LogP contribution in [0.15, 0.2) is 16.7 Å². The fourth-order valence-electron chi connectivity index (χ4n) is 4.15. The molecule has 0 aliphatic carbocycles. The molecule has 0 bridgehead atoms. The highest BCUT2D eigenvalue weighted by atomic mass is 19.1. The van der Waals surface area contributed by atoms with Gasteiger partial charge >= 0.3 is 0 Å². The summed E-state index contributed by atoms with van der Waals surface area (Å²) >= 11 is 0. The SMILES string of the molecule is COc1cc(OC)c(OC)cc1CN1CCC(F)(c2nc(C3CCOCC3)no2)C1. The number of rotatable bonds is 7. The van der Waals surface area contributed by atoms with E-state index in [1.54, 1.807) is 27.4 Å². The van der Waals surface area contributed by atoms with Crippen molar-refractivity contribution in [2.75, 3.05) is 47.6 Å². The first kappa shape index (κ1) is 20.9. The van der Waals surface area contributed by atoms with Gasteiger partial charge in [0.25, 0.3) is 5.89 Å². The maximum Gasteiger partial charge on any atom is 0.265 e. The van der Waals surface area contributed by atoms with E-state index in [2.05, 4.69) is 10.1 Å². The Hall–Kier alpha value is -2.39. The monoisotopic (exact) mass is 421 g/mol. The lowest BCUT2D eigenvalue weighted by Crippen LogP contribution is -2.27. The molecule has 9 heteroatoms. The smallest absolute Gasteiger partial charge is 0.265 e. The van der Waals surface area contributed by atoms with Crippen molar-refractivity contribution in [2.24, 2.45) is 0 Å². The molecule has 30 heavy (non-hydrogen) atoms. The van der Waals surface area contributed by atoms with Crippen LogP contribution >= 0.6 is 0 Å². The lowest BCUT2D eigenvalue weighted by molar-refractivity contribution is 0.0830. The summed E-state index contributed by atoms with van der Waals surface area (Å²) in [5, 5.41) is 4.06. The van der Waals surface area contributed by atoms with Gasteiger partial charge in [0.15, 0.2) is 17.3 Å². The van der Waals surface area contributed by atoms with Gasteiger partial charge in [-0.2, -0.15) is 4.98 Å². The average molecular weight is 421 g/mol. The Balaban J connectivity index is 1.47. The fourth-order valence-corrected chi connectivity index (χ4v) is 4.15. The van der Waals surface area contributed by atoms with Crippen molar-refractivity contribution in [3.05, 3.63) is 29.4 Å². The molecule has 1 atom stereocenters. The number of methoxy groups -OCH3 is 3. The number of hydrogen-bond donors (Lipinski definition) is 0. The standard InChI is InChI=1S/C21H28FN3O5/c1-26-16-11-18(28-3)17(27-2)10-15(16)12-25-7-6-21(22,13-25)20-23-19(24-30-20)14-4-8-29-9-5-14/h10-11,14H,4-9,12-13H2,1-3H3. The maximum absolute atomic E-state index is 15.7. The van der Waals surface area contributed by atoms with Gasteiger partial charge in [-0.05, 0) is 18.9 Å². The van der Waals surface area contributed by atoms with Gasteiger partial charge in [0.2, 0.25) is 5.67 Å². The molecule has 2 fully saturated rings. The number of benzene rings is 1. The Bertz CT molecular complexity index is 870. The minimum Gasteiger partial charge on any atom is -0.496 e. The van der Waals surface area contributed by atoms with Crippen LogP contribution in [0.2, 0.25) is 0 Å². The van der Waals surface area contributed by atoms with Crippen molar-refractivity contribution in [3.63, 3.8) is 0 Å². The van der Waals surface area contributed by atoms with Crippen LogP contribution in [-0.2, 0) is 17.0 Å². The Morgan fingerprint density at radius 3 is 2.50 bits per heavy atom. The maximum atomic E-state index is 15.7. The molecule has 2 aliphatic rings. The van der Waals surface area contributed by atoms with Crippen LogP contribution in [-0.4, -0.2) is 62.7 Å². The average Bonchev–Trinajstić information content (AvgIpc) is 3.42. The largest absolute Gasteiger partial charge is 0.496 e. The van der Waals surface area contributed by atoms with E-state index >= 15 is 4.39 Å². The van der Waals surface area contributed by atoms with E-state index in [4.69, 9.17) is 23.5 Å². The number of alkyl halides is 1. The van der Waals surface area contributed by atoms with Gasteiger partial charge in [0.1, 0.15) is 5.75 Å². The minimum absolute atomic E-state index is 0.0748. The highest BCUT2D eigenvalue weighted by Gasteiger charge is 2.45. The molecule has 2 aromatic rings. The van der Waals surface area contributed by atoms with E-state index in [1.165, 1.54) is 0 Å². The summed E-state index contributed by atoms with van der Waals surface area (Å²) in [6, 6.07) is 3.65. The summed E-state index contributed by atoms with van der Waals surface area (Å²) in [6.07, 6.45) is 1.98. The summed E-state index contributed by atoms with van der Waals surface area (Å²) in [5.41, 5.74) is -0.756. The second-order valence-corrected chi connectivity index (χ2v) is 7.79. The van der Waals surface area contributed by atoms with Crippen LogP contribution in [0.1, 0.15) is 42.5 Å². The normalized spacial score (nSPS) is 22.9. The van der Waals surface area contributed by atoms with Gasteiger partial charge in [0, 0.05) is 56.8 Å². The molecule has 4 rings (SSSR count). The third kappa shape index (κ3) is 4.09. The van der Waals surface area contributed by atoms with Crippen LogP contribution < -0.4 is 14.2 Å². The highest BCUT2D eigenvalue weighted by Crippen LogP contribution is 2.39. The molecule has 2 saturated heterocycles. The topological polar surface area (TPSA) is 79.1 Å². The van der Waals surface area contributed by atoms with Crippen molar-refractivity contribution < 1.29 is 27.9 Å². The van der Waals surface area contributed by atoms with Crippen molar-refractivity contribution in [1.82, 2.24) is 15.0 Å². The van der Waals surface area contributed by atoms with Crippen molar-refractivity contribution in [1.29, 1.82) is 0 Å². The van der Waals surface area contributed by atoms with Gasteiger partial charge in [0.05, 0.1) is 21.3 Å². The summed E-state index contributed by atoms with van der Waals surface area (Å²) in [5.74, 6) is 2.70. The van der Waals surface area contributed by atoms with Crippen LogP contribution in [0.25, 0.3) is 0 Å². The molecule has 1 aromatic carbocycles. The number of likely N-dealkylation sites (tertiary alicyclic amines) is 1. The predicted octanol–water partition coefficient (Wildman–Crippen LogP) is 3.06. The quantitative estimate of drug-likeness (QED) is 0.675. The van der Waals surface area contributed by atoms with E-state index in [9.17, 15) is 0 Å². The van der Waals surface area contributed by atoms with Crippen LogP contribution in [0.4, 0.5) is 4.39 Å². The van der Waals surface area contributed by atoms with E-state index < -0.39 is 5.67 Å². The van der Waals surface area contributed by atoms with Gasteiger partial charge in [-0.15, -0.1) is 0 Å². The van der Waals surface area contributed by atoms with Gasteiger partial charge in [-0.25, -0.2) is 4.39 Å². The first-order chi connectivity index (χ1) is 14.6. The second-order valence-electron chi connectivity index (χ2n) is 7.79. The molecule has 2 aliphatic heterocycles. The number of aromatic nitrogens is 2. The molecule has 0 N–H and O–H groups in total. The molecular formula is C21H28FN3O5. The zero-order valence-electron chi connectivity index (χ0n) is 17.6. The molecular weight excluding hydrogens is 393 g/mol. The van der Waals surface area contributed by atoms with Gasteiger partial charge < -0.3 is 23.5 Å². The fraction of sp³-hybridized carbons (Fsp3) is 0.619. The summed E-state index contributed by atoms with van der Waals surface area (Å²) in [4.78, 5) is 6.43. The van der Waals surface area contributed by atoms with Gasteiger partial charge in [-0.1, -0.05) is 5.16 Å². The molecule has 3 heterocycles. The van der Waals surface area contributed by atoms with Crippen LogP contribution in [0, 0.1) is 0 Å². The first-order valence-corrected chi connectivity index (χ1v) is 10.2.